The SMILES string of the molecule is O[SiH2]C(F)(F)F. The Morgan fingerprint density at radius 3 is 1.50 bits per heavy atom. The fourth-order valence-corrected chi connectivity index (χ4v) is 0. The van der Waals surface area contributed by atoms with Gasteiger partial charge in [-0.25, -0.2) is 0 Å². The fraction of sp³-hybridized carbons (Fsp3) is 1.00. The van der Waals surface area contributed by atoms with E-state index in [1.165, 1.54) is 0 Å². The molecule has 0 aliphatic rings. The summed E-state index contributed by atoms with van der Waals surface area (Å²) in [7, 11) is -2.75. The third-order valence-electron chi connectivity index (χ3n) is 0.179. The molecule has 0 spiro atoms. The smallest absolute Gasteiger partial charge is 0.382 e. The van der Waals surface area contributed by atoms with Gasteiger partial charge in [0, 0.05) is 0 Å². The van der Waals surface area contributed by atoms with Gasteiger partial charge in [0.05, 0.1) is 0 Å². The summed E-state index contributed by atoms with van der Waals surface area (Å²) in [5, 5.41) is 0. The molecular formula is CH3F3OSi. The molecule has 0 fully saturated rings. The van der Waals surface area contributed by atoms with Gasteiger partial charge in [-0.2, -0.15) is 13.2 Å². The van der Waals surface area contributed by atoms with E-state index in [2.05, 4.69) is 0 Å². The van der Waals surface area contributed by atoms with Gasteiger partial charge in [0.1, 0.15) is 0 Å². The van der Waals surface area contributed by atoms with Crippen molar-refractivity contribution in [2.45, 2.75) is 5.80 Å². The second-order valence-electron chi connectivity index (χ2n) is 0.773. The lowest BCUT2D eigenvalue weighted by molar-refractivity contribution is -0.0559. The quantitative estimate of drug-likeness (QED) is 0.426. The van der Waals surface area contributed by atoms with Crippen LogP contribution in [0.3, 0.4) is 0 Å². The maximum atomic E-state index is 10.6. The Balaban J connectivity index is 3.17. The molecule has 0 saturated carbocycles. The maximum absolute atomic E-state index is 10.6. The van der Waals surface area contributed by atoms with Gasteiger partial charge in [-0.1, -0.05) is 0 Å². The predicted molar refractivity (Wildman–Crippen MR) is 16.8 cm³/mol. The fourth-order valence-electron chi connectivity index (χ4n) is 0. The van der Waals surface area contributed by atoms with E-state index in [9.17, 15) is 13.2 Å². The lowest BCUT2D eigenvalue weighted by Crippen LogP contribution is -2.16. The van der Waals surface area contributed by atoms with Crippen LogP contribution in [0.5, 0.6) is 0 Å². The molecule has 0 aliphatic heterocycles. The van der Waals surface area contributed by atoms with Crippen LogP contribution in [0.15, 0.2) is 0 Å². The molecule has 0 aliphatic carbocycles. The highest BCUT2D eigenvalue weighted by molar-refractivity contribution is 6.28. The molecule has 0 heterocycles. The van der Waals surface area contributed by atoms with Crippen molar-refractivity contribution in [2.75, 3.05) is 0 Å². The number of hydrogen-bond donors (Lipinski definition) is 1. The zero-order chi connectivity index (χ0) is 5.21. The first-order valence-electron chi connectivity index (χ1n) is 1.24. The van der Waals surface area contributed by atoms with Crippen LogP contribution >= 0.6 is 0 Å². The molecule has 5 heteroatoms. The minimum atomic E-state index is -4.26. The van der Waals surface area contributed by atoms with Crippen LogP contribution in [0.25, 0.3) is 0 Å². The van der Waals surface area contributed by atoms with Crippen LogP contribution in [0.1, 0.15) is 0 Å². The Kier molecular flexibility index (Phi) is 1.60. The number of alkyl halides is 3. The van der Waals surface area contributed by atoms with E-state index in [4.69, 9.17) is 4.80 Å². The van der Waals surface area contributed by atoms with Gasteiger partial charge in [-0.05, 0) is 0 Å². The molecule has 38 valence electrons. The van der Waals surface area contributed by atoms with Crippen LogP contribution < -0.4 is 0 Å². The second-order valence-corrected chi connectivity index (χ2v) is 1.89. The maximum Gasteiger partial charge on any atom is 0.382 e. The van der Waals surface area contributed by atoms with Crippen molar-refractivity contribution in [1.82, 2.24) is 0 Å². The summed E-state index contributed by atoms with van der Waals surface area (Å²) < 4.78 is 31.8. The Morgan fingerprint density at radius 2 is 1.50 bits per heavy atom. The van der Waals surface area contributed by atoms with Crippen LogP contribution in [0, 0.1) is 0 Å². The first-order chi connectivity index (χ1) is 2.56. The zero-order valence-electron chi connectivity index (χ0n) is 2.79. The van der Waals surface area contributed by atoms with Crippen molar-refractivity contribution in [1.29, 1.82) is 0 Å². The van der Waals surface area contributed by atoms with Crippen molar-refractivity contribution >= 4 is 9.76 Å². The first kappa shape index (κ1) is 5.97. The Bertz CT molecular complexity index is 40.5. The molecule has 1 N–H and O–H groups in total. The van der Waals surface area contributed by atoms with Crippen molar-refractivity contribution in [2.24, 2.45) is 0 Å². The molecule has 1 nitrogen and oxygen atoms in total. The minimum absolute atomic E-state index is 2.75. The minimum Gasteiger partial charge on any atom is -0.429 e. The van der Waals surface area contributed by atoms with E-state index in [1.807, 2.05) is 0 Å². The van der Waals surface area contributed by atoms with Gasteiger partial charge in [0.15, 0.2) is 0 Å². The topological polar surface area (TPSA) is 20.2 Å². The second kappa shape index (κ2) is 1.61. The number of halogens is 3. The Labute approximate surface area is 34.7 Å². The van der Waals surface area contributed by atoms with Crippen LogP contribution in [-0.4, -0.2) is 20.4 Å². The zero-order valence-corrected chi connectivity index (χ0v) is 4.20. The highest BCUT2D eigenvalue weighted by Gasteiger charge is 2.25. The molecule has 0 atom stereocenters. The molecule has 0 saturated heterocycles. The summed E-state index contributed by atoms with van der Waals surface area (Å²) >= 11 is 0. The number of rotatable bonds is 0. The van der Waals surface area contributed by atoms with Gasteiger partial charge in [-0.15, -0.1) is 0 Å². The van der Waals surface area contributed by atoms with E-state index in [0.29, 0.717) is 0 Å². The average molecular weight is 116 g/mol. The summed E-state index contributed by atoms with van der Waals surface area (Å²) in [5.74, 6) is -4.26. The summed E-state index contributed by atoms with van der Waals surface area (Å²) in [6.07, 6.45) is 0. The molecular weight excluding hydrogens is 113 g/mol. The molecule has 0 bridgehead atoms. The van der Waals surface area contributed by atoms with E-state index in [1.54, 1.807) is 0 Å². The van der Waals surface area contributed by atoms with Crippen LogP contribution in [0.4, 0.5) is 13.2 Å². The Morgan fingerprint density at radius 1 is 1.33 bits per heavy atom. The van der Waals surface area contributed by atoms with Gasteiger partial charge < -0.3 is 4.80 Å². The summed E-state index contributed by atoms with van der Waals surface area (Å²) in [4.78, 5) is 7.42. The molecule has 0 radical (unpaired) electrons. The van der Waals surface area contributed by atoms with Gasteiger partial charge in [-0.3, -0.25) is 0 Å². The molecule has 6 heavy (non-hydrogen) atoms. The van der Waals surface area contributed by atoms with Crippen molar-refractivity contribution < 1.29 is 18.0 Å². The predicted octanol–water partition coefficient (Wildman–Crippen LogP) is -0.418. The van der Waals surface area contributed by atoms with Crippen molar-refractivity contribution in [3.8, 4) is 0 Å². The molecule has 0 amide bonds. The molecule has 0 aromatic heterocycles. The highest BCUT2D eigenvalue weighted by Crippen LogP contribution is 2.09. The third kappa shape index (κ3) is 3.97. The van der Waals surface area contributed by atoms with Gasteiger partial charge >= 0.3 is 5.80 Å². The van der Waals surface area contributed by atoms with E-state index < -0.39 is 15.6 Å². The largest absolute Gasteiger partial charge is 0.429 e. The summed E-state index contributed by atoms with van der Waals surface area (Å²) in [6, 6.07) is 0. The van der Waals surface area contributed by atoms with Crippen LogP contribution in [0.2, 0.25) is 0 Å². The molecule has 0 rings (SSSR count). The van der Waals surface area contributed by atoms with Gasteiger partial charge in [0.25, 0.3) is 9.76 Å². The van der Waals surface area contributed by atoms with Crippen molar-refractivity contribution in [3.63, 3.8) is 0 Å². The van der Waals surface area contributed by atoms with E-state index >= 15 is 0 Å². The Hall–Kier alpha value is -0.0331. The summed E-state index contributed by atoms with van der Waals surface area (Å²) in [6.45, 7) is 0. The van der Waals surface area contributed by atoms with Crippen LogP contribution in [-0.2, 0) is 0 Å². The molecule has 0 aromatic carbocycles. The average Bonchev–Trinajstić information content (AvgIpc) is 1.35. The van der Waals surface area contributed by atoms with Crippen molar-refractivity contribution in [3.05, 3.63) is 0 Å². The van der Waals surface area contributed by atoms with E-state index in [0.717, 1.165) is 0 Å². The normalized spacial score (nSPS) is 14.0. The highest BCUT2D eigenvalue weighted by atomic mass is 28.2. The first-order valence-corrected chi connectivity index (χ1v) is 2.58. The standard InChI is InChI=1S/CH3F3OSi/c2-1(3,4)6-5/h5H,6H2. The van der Waals surface area contributed by atoms with Gasteiger partial charge in [0.2, 0.25) is 0 Å². The monoisotopic (exact) mass is 116 g/mol. The third-order valence-corrected chi connectivity index (χ3v) is 0.538. The molecule has 0 unspecified atom stereocenters. The lowest BCUT2D eigenvalue weighted by Gasteiger charge is -1.95. The molecule has 0 aromatic rings. The number of hydrogen-bond acceptors (Lipinski definition) is 1. The van der Waals surface area contributed by atoms with E-state index in [-0.39, 0.29) is 0 Å². The lowest BCUT2D eigenvalue weighted by atomic mass is 11.5. The summed E-state index contributed by atoms with van der Waals surface area (Å²) in [5.41, 5.74) is 0.